The number of nitrogens with zero attached hydrogens (tertiary/aromatic N) is 3. The van der Waals surface area contributed by atoms with Gasteiger partial charge in [-0.1, -0.05) is 35.4 Å². The molecule has 0 radical (unpaired) electrons. The van der Waals surface area contributed by atoms with Gasteiger partial charge >= 0.3 is 0 Å². The predicted octanol–water partition coefficient (Wildman–Crippen LogP) is 6.28. The summed E-state index contributed by atoms with van der Waals surface area (Å²) in [7, 11) is 0. The molecule has 0 unspecified atom stereocenters. The lowest BCUT2D eigenvalue weighted by molar-refractivity contribution is -0.384. The van der Waals surface area contributed by atoms with E-state index in [4.69, 9.17) is 4.74 Å². The van der Waals surface area contributed by atoms with Crippen LogP contribution in [0.15, 0.2) is 48.5 Å². The molecular weight excluding hydrogens is 494 g/mol. The molecule has 2 aliphatic rings. The second-order valence-electron chi connectivity index (χ2n) is 11.4. The molecule has 0 bridgehead atoms. The van der Waals surface area contributed by atoms with Crippen molar-refractivity contribution in [3.8, 4) is 0 Å². The second kappa shape index (κ2) is 8.74. The monoisotopic (exact) mass is 527 g/mol. The van der Waals surface area contributed by atoms with Gasteiger partial charge in [-0.25, -0.2) is 0 Å². The maximum Gasteiger partial charge on any atom is 0.269 e. The summed E-state index contributed by atoms with van der Waals surface area (Å²) in [5.41, 5.74) is 6.30. The molecule has 0 aromatic heterocycles. The highest BCUT2D eigenvalue weighted by Gasteiger charge is 2.75. The van der Waals surface area contributed by atoms with E-state index in [2.05, 4.69) is 0 Å². The molecule has 8 nitrogen and oxygen atoms in total. The van der Waals surface area contributed by atoms with Crippen LogP contribution in [0.2, 0.25) is 0 Å². The first-order valence-corrected chi connectivity index (χ1v) is 13.0. The zero-order chi connectivity index (χ0) is 28.6. The van der Waals surface area contributed by atoms with Gasteiger partial charge in [0.15, 0.2) is 6.10 Å². The number of hydrogen-bond acceptors (Lipinski definition) is 5. The Hall–Kier alpha value is -4.04. The van der Waals surface area contributed by atoms with Crippen LogP contribution in [0.3, 0.4) is 0 Å². The van der Waals surface area contributed by atoms with Gasteiger partial charge in [-0.3, -0.25) is 29.5 Å². The van der Waals surface area contributed by atoms with E-state index in [0.29, 0.717) is 16.9 Å². The molecule has 2 aliphatic heterocycles. The minimum atomic E-state index is -1.48. The average molecular weight is 528 g/mol. The van der Waals surface area contributed by atoms with Crippen molar-refractivity contribution in [1.82, 2.24) is 0 Å². The second-order valence-corrected chi connectivity index (χ2v) is 11.4. The van der Waals surface area contributed by atoms with Crippen molar-refractivity contribution in [2.24, 2.45) is 5.41 Å². The number of anilines is 2. The molecule has 2 amide bonds. The number of amides is 2. The molecule has 2 fully saturated rings. The van der Waals surface area contributed by atoms with Crippen LogP contribution < -0.4 is 9.80 Å². The predicted molar refractivity (Wildman–Crippen MR) is 150 cm³/mol. The number of benzene rings is 3. The van der Waals surface area contributed by atoms with Crippen LogP contribution in [0, 0.1) is 57.1 Å². The van der Waals surface area contributed by atoms with Gasteiger partial charge in [0, 0.05) is 12.1 Å². The molecule has 8 heteroatoms. The van der Waals surface area contributed by atoms with Crippen molar-refractivity contribution >= 4 is 28.9 Å². The van der Waals surface area contributed by atoms with Gasteiger partial charge in [-0.05, 0) is 95.3 Å². The highest BCUT2D eigenvalue weighted by atomic mass is 16.7. The van der Waals surface area contributed by atoms with E-state index >= 15 is 0 Å². The number of hydrogen-bond donors (Lipinski definition) is 0. The molecule has 3 aromatic rings. The van der Waals surface area contributed by atoms with Crippen molar-refractivity contribution in [2.45, 2.75) is 67.3 Å². The zero-order valence-electron chi connectivity index (χ0n) is 23.6. The van der Waals surface area contributed by atoms with Crippen molar-refractivity contribution < 1.29 is 19.2 Å². The van der Waals surface area contributed by atoms with Crippen LogP contribution in [-0.4, -0.2) is 22.6 Å². The van der Waals surface area contributed by atoms with Gasteiger partial charge in [0.05, 0.1) is 16.3 Å². The Morgan fingerprint density at radius 2 is 1.13 bits per heavy atom. The third-order valence-electron chi connectivity index (χ3n) is 7.82. The van der Waals surface area contributed by atoms with Crippen molar-refractivity contribution in [1.29, 1.82) is 0 Å². The van der Waals surface area contributed by atoms with Crippen LogP contribution in [0.25, 0.3) is 0 Å². The fourth-order valence-electron chi connectivity index (χ4n) is 6.15. The Bertz CT molecular complexity index is 1430. The maximum absolute atomic E-state index is 14.3. The van der Waals surface area contributed by atoms with Crippen LogP contribution in [0.5, 0.6) is 0 Å². The molecule has 202 valence electrons. The third kappa shape index (κ3) is 3.85. The summed E-state index contributed by atoms with van der Waals surface area (Å²) in [5, 5.41) is 11.3. The number of ether oxygens (including phenoxy) is 1. The number of carbonyl (C=O) groups excluding carboxylic acids is 2. The Balaban J connectivity index is 1.81. The SMILES string of the molecule is Cc1cc(C)c(N2C(=O)C(C)(C)C(=O)N(c3c(C)cc(C)cc3C)C23O[C@@H]3c2ccc([N+](=O)[O-])cc2)c(C)c1. The van der Waals surface area contributed by atoms with E-state index in [-0.39, 0.29) is 17.5 Å². The van der Waals surface area contributed by atoms with Gasteiger partial charge in [-0.2, -0.15) is 0 Å². The van der Waals surface area contributed by atoms with Crippen molar-refractivity contribution in [3.05, 3.63) is 97.6 Å². The first-order chi connectivity index (χ1) is 18.2. The lowest BCUT2D eigenvalue weighted by Crippen LogP contribution is -2.70. The Morgan fingerprint density at radius 1 is 0.744 bits per heavy atom. The topological polar surface area (TPSA) is 96.3 Å². The van der Waals surface area contributed by atoms with Gasteiger partial charge in [0.25, 0.3) is 11.5 Å². The van der Waals surface area contributed by atoms with Gasteiger partial charge in [-0.15, -0.1) is 0 Å². The fourth-order valence-corrected chi connectivity index (χ4v) is 6.15. The molecule has 3 aromatic carbocycles. The number of epoxide rings is 1. The van der Waals surface area contributed by atoms with Crippen molar-refractivity contribution in [3.63, 3.8) is 0 Å². The number of nitro groups is 1. The molecule has 5 rings (SSSR count). The Labute approximate surface area is 228 Å². The number of nitro benzene ring substituents is 1. The molecule has 0 saturated carbocycles. The summed E-state index contributed by atoms with van der Waals surface area (Å²) >= 11 is 0. The minimum Gasteiger partial charge on any atom is -0.319 e. The van der Waals surface area contributed by atoms with E-state index in [0.717, 1.165) is 33.4 Å². The summed E-state index contributed by atoms with van der Waals surface area (Å²) in [4.78, 5) is 42.8. The number of carbonyl (C=O) groups is 2. The van der Waals surface area contributed by atoms with Crippen LogP contribution in [-0.2, 0) is 14.3 Å². The lowest BCUT2D eigenvalue weighted by atomic mass is 9.83. The van der Waals surface area contributed by atoms with Crippen molar-refractivity contribution in [2.75, 3.05) is 9.80 Å². The highest BCUT2D eigenvalue weighted by molar-refractivity contribution is 6.21. The average Bonchev–Trinajstić information content (AvgIpc) is 3.57. The Morgan fingerprint density at radius 3 is 1.49 bits per heavy atom. The zero-order valence-corrected chi connectivity index (χ0v) is 23.6. The molecule has 1 spiro atoms. The lowest BCUT2D eigenvalue weighted by Gasteiger charge is -2.49. The number of non-ortho nitro benzene ring substituents is 1. The third-order valence-corrected chi connectivity index (χ3v) is 7.82. The first kappa shape index (κ1) is 26.6. The van der Waals surface area contributed by atoms with Gasteiger partial charge in [0.1, 0.15) is 5.41 Å². The molecular formula is C31H33N3O5. The first-order valence-electron chi connectivity index (χ1n) is 13.0. The summed E-state index contributed by atoms with van der Waals surface area (Å²) in [6, 6.07) is 14.2. The molecule has 1 atom stereocenters. The maximum atomic E-state index is 14.3. The normalized spacial score (nSPS) is 19.5. The summed E-state index contributed by atoms with van der Waals surface area (Å²) in [5.74, 6) is -2.19. The number of aryl methyl sites for hydroxylation is 6. The molecule has 39 heavy (non-hydrogen) atoms. The standard InChI is InChI=1S/C31H33N3O5/c1-17-13-19(3)25(20(4)14-17)32-28(35)30(7,8)29(36)33(26-21(5)15-18(2)16-22(26)6)31(32)27(39-31)23-9-11-24(12-10-23)34(37)38/h9-16,27H,1-8H3/t27-/m1/s1. The van der Waals surface area contributed by atoms with E-state index in [1.165, 1.54) is 12.1 Å². The molecule has 2 saturated heterocycles. The van der Waals surface area contributed by atoms with E-state index in [1.807, 2.05) is 65.8 Å². The van der Waals surface area contributed by atoms with Gasteiger partial charge in [0.2, 0.25) is 11.8 Å². The summed E-state index contributed by atoms with van der Waals surface area (Å²) in [6.07, 6.45) is -0.720. The highest BCUT2D eigenvalue weighted by Crippen LogP contribution is 2.61. The minimum absolute atomic E-state index is 0.0467. The summed E-state index contributed by atoms with van der Waals surface area (Å²) in [6.45, 7) is 15.1. The van der Waals surface area contributed by atoms with E-state index in [1.54, 1.807) is 35.8 Å². The molecule has 0 N–H and O–H groups in total. The van der Waals surface area contributed by atoms with E-state index in [9.17, 15) is 19.7 Å². The van der Waals surface area contributed by atoms with Crippen LogP contribution >= 0.6 is 0 Å². The van der Waals surface area contributed by atoms with Gasteiger partial charge < -0.3 is 4.74 Å². The van der Waals surface area contributed by atoms with Crippen LogP contribution in [0.1, 0.15) is 58.9 Å². The van der Waals surface area contributed by atoms with E-state index < -0.39 is 22.3 Å². The smallest absolute Gasteiger partial charge is 0.269 e. The largest absolute Gasteiger partial charge is 0.319 e. The molecule has 0 aliphatic carbocycles. The van der Waals surface area contributed by atoms with Crippen LogP contribution in [0.4, 0.5) is 17.1 Å². The molecule has 2 heterocycles. The number of rotatable bonds is 4. The fraction of sp³-hybridized carbons (Fsp3) is 0.355. The Kier molecular flexibility index (Phi) is 5.95. The summed E-state index contributed by atoms with van der Waals surface area (Å²) < 4.78 is 6.52. The quantitative estimate of drug-likeness (QED) is 0.172.